The Hall–Kier alpha value is -2.52. The SMILES string of the molecule is O=C(c1n[nH]c2c1CCCC2)N1CCN(CCCc2nc(-c3cccs3)no2)CC1. The monoisotopic (exact) mass is 426 g/mol. The van der Waals surface area contributed by atoms with Crippen LogP contribution >= 0.6 is 11.3 Å². The highest BCUT2D eigenvalue weighted by molar-refractivity contribution is 7.13. The number of hydrogen-bond acceptors (Lipinski definition) is 7. The molecule has 0 aromatic carbocycles. The zero-order chi connectivity index (χ0) is 20.3. The van der Waals surface area contributed by atoms with Crippen LogP contribution < -0.4 is 0 Å². The maximum Gasteiger partial charge on any atom is 0.274 e. The van der Waals surface area contributed by atoms with E-state index in [-0.39, 0.29) is 5.91 Å². The normalized spacial score (nSPS) is 17.3. The number of thiophene rings is 1. The minimum Gasteiger partial charge on any atom is -0.339 e. The van der Waals surface area contributed by atoms with Gasteiger partial charge in [-0.15, -0.1) is 11.3 Å². The van der Waals surface area contributed by atoms with E-state index >= 15 is 0 Å². The summed E-state index contributed by atoms with van der Waals surface area (Å²) in [6, 6.07) is 3.99. The highest BCUT2D eigenvalue weighted by atomic mass is 32.1. The lowest BCUT2D eigenvalue weighted by Crippen LogP contribution is -2.49. The molecule has 5 rings (SSSR count). The smallest absolute Gasteiger partial charge is 0.274 e. The molecule has 1 saturated heterocycles. The average molecular weight is 427 g/mol. The summed E-state index contributed by atoms with van der Waals surface area (Å²) in [7, 11) is 0. The number of nitrogens with one attached hydrogen (secondary N) is 1. The molecule has 158 valence electrons. The van der Waals surface area contributed by atoms with Crippen molar-refractivity contribution in [3.63, 3.8) is 0 Å². The van der Waals surface area contributed by atoms with Crippen LogP contribution in [0, 0.1) is 0 Å². The minimum atomic E-state index is 0.0843. The number of hydrogen-bond donors (Lipinski definition) is 1. The second-order valence-corrected chi connectivity index (χ2v) is 8.91. The van der Waals surface area contributed by atoms with E-state index in [0.717, 1.165) is 81.0 Å². The Morgan fingerprint density at radius 1 is 1.20 bits per heavy atom. The van der Waals surface area contributed by atoms with Crippen LogP contribution in [0.3, 0.4) is 0 Å². The molecule has 3 aromatic rings. The quantitative estimate of drug-likeness (QED) is 0.652. The van der Waals surface area contributed by atoms with Crippen molar-refractivity contribution in [1.29, 1.82) is 0 Å². The summed E-state index contributed by atoms with van der Waals surface area (Å²) in [5.74, 6) is 1.45. The molecule has 0 radical (unpaired) electrons. The summed E-state index contributed by atoms with van der Waals surface area (Å²) in [6.07, 6.45) is 6.05. The molecule has 0 unspecified atom stereocenters. The number of aromatic amines is 1. The summed E-state index contributed by atoms with van der Waals surface area (Å²) in [5.41, 5.74) is 2.96. The molecule has 1 amide bonds. The fourth-order valence-corrected chi connectivity index (χ4v) is 4.95. The first-order valence-corrected chi connectivity index (χ1v) is 11.6. The highest BCUT2D eigenvalue weighted by Crippen LogP contribution is 2.24. The van der Waals surface area contributed by atoms with Crippen molar-refractivity contribution in [3.05, 3.63) is 40.4 Å². The Morgan fingerprint density at radius 3 is 2.90 bits per heavy atom. The number of aromatic nitrogens is 4. The summed E-state index contributed by atoms with van der Waals surface area (Å²) >= 11 is 1.61. The summed E-state index contributed by atoms with van der Waals surface area (Å²) in [4.78, 5) is 22.8. The third-order valence-corrected chi connectivity index (χ3v) is 6.86. The molecule has 3 aromatic heterocycles. The molecule has 0 bridgehead atoms. The molecule has 1 aliphatic heterocycles. The number of aryl methyl sites for hydroxylation is 2. The number of piperazine rings is 1. The second kappa shape index (κ2) is 8.69. The van der Waals surface area contributed by atoms with Gasteiger partial charge in [0.2, 0.25) is 11.7 Å². The third kappa shape index (κ3) is 4.04. The van der Waals surface area contributed by atoms with Gasteiger partial charge in [-0.05, 0) is 50.1 Å². The Balaban J connectivity index is 1.08. The molecule has 8 nitrogen and oxygen atoms in total. The molecule has 0 saturated carbocycles. The van der Waals surface area contributed by atoms with E-state index in [4.69, 9.17) is 4.52 Å². The van der Waals surface area contributed by atoms with Crippen LogP contribution in [-0.4, -0.2) is 68.8 Å². The number of rotatable bonds is 6. The Morgan fingerprint density at radius 2 is 2.07 bits per heavy atom. The standard InChI is InChI=1S/C21H26N6O2S/c28-21(19-15-5-1-2-6-16(15)23-24-19)27-12-10-26(11-13-27)9-3-8-18-22-20(25-29-18)17-7-4-14-30-17/h4,7,14H,1-3,5-6,8-13H2,(H,23,24). The Bertz CT molecular complexity index is 987. The van der Waals surface area contributed by atoms with Crippen molar-refractivity contribution < 1.29 is 9.32 Å². The van der Waals surface area contributed by atoms with Gasteiger partial charge in [0.05, 0.1) is 4.88 Å². The first kappa shape index (κ1) is 19.4. The lowest BCUT2D eigenvalue weighted by Gasteiger charge is -2.34. The molecule has 1 aliphatic carbocycles. The zero-order valence-electron chi connectivity index (χ0n) is 17.0. The Labute approximate surface area is 179 Å². The number of fused-ring (bicyclic) bond motifs is 1. The summed E-state index contributed by atoms with van der Waals surface area (Å²) in [6.45, 7) is 4.26. The number of nitrogens with zero attached hydrogens (tertiary/aromatic N) is 5. The van der Waals surface area contributed by atoms with Gasteiger partial charge in [0.25, 0.3) is 5.91 Å². The molecule has 0 spiro atoms. The van der Waals surface area contributed by atoms with Crippen LogP contribution in [0.5, 0.6) is 0 Å². The largest absolute Gasteiger partial charge is 0.339 e. The van der Waals surface area contributed by atoms with Crippen LogP contribution in [0.25, 0.3) is 10.7 Å². The lowest BCUT2D eigenvalue weighted by molar-refractivity contribution is 0.0628. The van der Waals surface area contributed by atoms with Crippen LogP contribution in [0.2, 0.25) is 0 Å². The molecule has 2 aliphatic rings. The van der Waals surface area contributed by atoms with E-state index in [9.17, 15) is 4.79 Å². The van der Waals surface area contributed by atoms with Crippen LogP contribution in [0.15, 0.2) is 22.0 Å². The summed E-state index contributed by atoms with van der Waals surface area (Å²) in [5, 5.41) is 13.5. The van der Waals surface area contributed by atoms with E-state index in [1.807, 2.05) is 22.4 Å². The van der Waals surface area contributed by atoms with Gasteiger partial charge < -0.3 is 9.42 Å². The summed E-state index contributed by atoms with van der Waals surface area (Å²) < 4.78 is 5.38. The van der Waals surface area contributed by atoms with Gasteiger partial charge in [0.1, 0.15) is 0 Å². The number of H-pyrrole nitrogens is 1. The van der Waals surface area contributed by atoms with Gasteiger partial charge in [-0.3, -0.25) is 14.8 Å². The number of amides is 1. The highest BCUT2D eigenvalue weighted by Gasteiger charge is 2.28. The molecular weight excluding hydrogens is 400 g/mol. The molecular formula is C21H26N6O2S. The topological polar surface area (TPSA) is 91.2 Å². The van der Waals surface area contributed by atoms with Crippen LogP contribution in [0.4, 0.5) is 0 Å². The maximum atomic E-state index is 12.9. The van der Waals surface area contributed by atoms with Crippen molar-refractivity contribution in [2.24, 2.45) is 0 Å². The predicted octanol–water partition coefficient (Wildman–Crippen LogP) is 2.79. The van der Waals surface area contributed by atoms with E-state index in [2.05, 4.69) is 25.2 Å². The number of carbonyl (C=O) groups is 1. The van der Waals surface area contributed by atoms with Crippen molar-refractivity contribution in [1.82, 2.24) is 30.1 Å². The zero-order valence-corrected chi connectivity index (χ0v) is 17.8. The van der Waals surface area contributed by atoms with Gasteiger partial charge >= 0.3 is 0 Å². The minimum absolute atomic E-state index is 0.0843. The molecule has 30 heavy (non-hydrogen) atoms. The molecule has 1 N–H and O–H groups in total. The van der Waals surface area contributed by atoms with Crippen molar-refractivity contribution >= 4 is 17.2 Å². The average Bonchev–Trinajstić information content (AvgIpc) is 3.54. The molecule has 0 atom stereocenters. The van der Waals surface area contributed by atoms with Gasteiger partial charge in [-0.2, -0.15) is 10.1 Å². The lowest BCUT2D eigenvalue weighted by atomic mass is 9.95. The van der Waals surface area contributed by atoms with Gasteiger partial charge in [-0.1, -0.05) is 11.2 Å². The van der Waals surface area contributed by atoms with Gasteiger partial charge in [0.15, 0.2) is 5.69 Å². The third-order valence-electron chi connectivity index (χ3n) is 5.99. The Kier molecular flexibility index (Phi) is 5.63. The maximum absolute atomic E-state index is 12.9. The number of carbonyl (C=O) groups excluding carboxylic acids is 1. The van der Waals surface area contributed by atoms with Gasteiger partial charge in [0, 0.05) is 43.9 Å². The molecule has 9 heteroatoms. The molecule has 1 fully saturated rings. The fraction of sp³-hybridized carbons (Fsp3) is 0.524. The van der Waals surface area contributed by atoms with E-state index < -0.39 is 0 Å². The van der Waals surface area contributed by atoms with Crippen LogP contribution in [-0.2, 0) is 19.3 Å². The van der Waals surface area contributed by atoms with Crippen LogP contribution in [0.1, 0.15) is 46.9 Å². The van der Waals surface area contributed by atoms with E-state index in [1.165, 1.54) is 6.42 Å². The first-order chi connectivity index (χ1) is 14.8. The second-order valence-electron chi connectivity index (χ2n) is 7.96. The predicted molar refractivity (Wildman–Crippen MR) is 114 cm³/mol. The van der Waals surface area contributed by atoms with Crippen molar-refractivity contribution in [2.45, 2.75) is 38.5 Å². The van der Waals surface area contributed by atoms with E-state index in [1.54, 1.807) is 11.3 Å². The fourth-order valence-electron chi connectivity index (χ4n) is 4.30. The molecule has 4 heterocycles. The van der Waals surface area contributed by atoms with Crippen molar-refractivity contribution in [3.8, 4) is 10.7 Å². The van der Waals surface area contributed by atoms with Crippen molar-refractivity contribution in [2.75, 3.05) is 32.7 Å². The van der Waals surface area contributed by atoms with Gasteiger partial charge in [-0.25, -0.2) is 0 Å². The first-order valence-electron chi connectivity index (χ1n) is 10.7. The van der Waals surface area contributed by atoms with E-state index in [0.29, 0.717) is 17.4 Å².